The lowest BCUT2D eigenvalue weighted by Gasteiger charge is -2.13. The molecule has 3 aromatic carbocycles. The molecule has 32 heavy (non-hydrogen) atoms. The molecule has 4 aromatic rings. The van der Waals surface area contributed by atoms with Crippen molar-refractivity contribution >= 4 is 11.0 Å². The van der Waals surface area contributed by atoms with Crippen LogP contribution in [0.2, 0.25) is 0 Å². The van der Waals surface area contributed by atoms with Gasteiger partial charge in [-0.05, 0) is 54.7 Å². The number of nitrogens with zero attached hydrogens (tertiary/aromatic N) is 2. The Morgan fingerprint density at radius 2 is 1.72 bits per heavy atom. The third-order valence-corrected chi connectivity index (χ3v) is 5.58. The van der Waals surface area contributed by atoms with Crippen LogP contribution in [0, 0.1) is 0 Å². The van der Waals surface area contributed by atoms with Crippen molar-refractivity contribution in [3.05, 3.63) is 102 Å². The molecule has 0 saturated carbocycles. The summed E-state index contributed by atoms with van der Waals surface area (Å²) in [5.41, 5.74) is 4.69. The molecule has 0 N–H and O–H groups in total. The predicted octanol–water partition coefficient (Wildman–Crippen LogP) is 6.22. The van der Waals surface area contributed by atoms with Crippen molar-refractivity contribution in [2.24, 2.45) is 0 Å². The number of benzene rings is 3. The number of aromatic nitrogens is 2. The molecule has 1 heterocycles. The number of ether oxygens (including phenoxy) is 2. The van der Waals surface area contributed by atoms with Gasteiger partial charge in [0.1, 0.15) is 5.82 Å². The van der Waals surface area contributed by atoms with E-state index in [-0.39, 0.29) is 0 Å². The van der Waals surface area contributed by atoms with Crippen molar-refractivity contribution < 1.29 is 9.47 Å². The Hall–Kier alpha value is -3.53. The molecule has 0 aliphatic heterocycles. The zero-order valence-corrected chi connectivity index (χ0v) is 18.7. The fraction of sp³-hybridized carbons (Fsp3) is 0.250. The predicted molar refractivity (Wildman–Crippen MR) is 131 cm³/mol. The Morgan fingerprint density at radius 1 is 0.906 bits per heavy atom. The van der Waals surface area contributed by atoms with Crippen LogP contribution in [-0.4, -0.2) is 23.3 Å². The zero-order chi connectivity index (χ0) is 22.2. The summed E-state index contributed by atoms with van der Waals surface area (Å²) in [7, 11) is 1.68. The molecule has 0 spiro atoms. The first kappa shape index (κ1) is 21.7. The monoisotopic (exact) mass is 426 g/mol. The van der Waals surface area contributed by atoms with E-state index in [4.69, 9.17) is 14.5 Å². The Labute approximate surface area is 190 Å². The third-order valence-electron chi connectivity index (χ3n) is 5.58. The van der Waals surface area contributed by atoms with Gasteiger partial charge in [0.05, 0.1) is 24.8 Å². The van der Waals surface area contributed by atoms with Crippen LogP contribution in [0.4, 0.5) is 0 Å². The maximum absolute atomic E-state index is 6.02. The number of rotatable bonds is 11. The molecule has 0 radical (unpaired) electrons. The molecular weight excluding hydrogens is 396 g/mol. The Bertz CT molecular complexity index is 1160. The van der Waals surface area contributed by atoms with Crippen LogP contribution in [0.15, 0.2) is 85.5 Å². The van der Waals surface area contributed by atoms with Crippen molar-refractivity contribution in [1.29, 1.82) is 0 Å². The van der Waals surface area contributed by atoms with E-state index in [1.807, 2.05) is 24.3 Å². The second kappa shape index (κ2) is 10.7. The average Bonchev–Trinajstić information content (AvgIpc) is 3.17. The largest absolute Gasteiger partial charge is 0.493 e. The standard InChI is InChI=1S/C28H30N2O2/c1-3-11-22-16-17-26(27(20-22)31-2)32-19-10-9-18-30-25-15-8-7-14-24(25)29-28(30)21-23-12-5-4-6-13-23/h3-8,12-17,20H,1,9-11,18-19,21H2,2H3. The van der Waals surface area contributed by atoms with Gasteiger partial charge in [0.25, 0.3) is 0 Å². The fourth-order valence-electron chi connectivity index (χ4n) is 3.97. The lowest BCUT2D eigenvalue weighted by Crippen LogP contribution is -2.07. The molecule has 0 bridgehead atoms. The van der Waals surface area contributed by atoms with Gasteiger partial charge in [-0.2, -0.15) is 0 Å². The van der Waals surface area contributed by atoms with Crippen LogP contribution in [-0.2, 0) is 19.4 Å². The van der Waals surface area contributed by atoms with Crippen LogP contribution in [0.25, 0.3) is 11.0 Å². The summed E-state index contributed by atoms with van der Waals surface area (Å²) in [5, 5.41) is 0. The Kier molecular flexibility index (Phi) is 7.23. The molecule has 4 rings (SSSR count). The van der Waals surface area contributed by atoms with Gasteiger partial charge in [-0.1, -0.05) is 54.6 Å². The highest BCUT2D eigenvalue weighted by atomic mass is 16.5. The first-order valence-electron chi connectivity index (χ1n) is 11.2. The second-order valence-corrected chi connectivity index (χ2v) is 7.86. The van der Waals surface area contributed by atoms with E-state index in [9.17, 15) is 0 Å². The summed E-state index contributed by atoms with van der Waals surface area (Å²) < 4.78 is 13.9. The van der Waals surface area contributed by atoms with Gasteiger partial charge in [-0.3, -0.25) is 0 Å². The summed E-state index contributed by atoms with van der Waals surface area (Å²) in [6.45, 7) is 5.36. The quantitative estimate of drug-likeness (QED) is 0.211. The van der Waals surface area contributed by atoms with E-state index in [1.54, 1.807) is 7.11 Å². The molecule has 0 aliphatic carbocycles. The highest BCUT2D eigenvalue weighted by Crippen LogP contribution is 2.28. The number of imidazole rings is 1. The smallest absolute Gasteiger partial charge is 0.161 e. The first-order valence-corrected chi connectivity index (χ1v) is 11.2. The summed E-state index contributed by atoms with van der Waals surface area (Å²) in [6.07, 6.45) is 5.51. The number of hydrogen-bond donors (Lipinski definition) is 0. The maximum atomic E-state index is 6.02. The molecule has 4 heteroatoms. The van der Waals surface area contributed by atoms with Crippen molar-refractivity contribution in [2.45, 2.75) is 32.2 Å². The van der Waals surface area contributed by atoms with Gasteiger partial charge in [0.15, 0.2) is 11.5 Å². The number of hydrogen-bond acceptors (Lipinski definition) is 3. The molecule has 0 unspecified atom stereocenters. The number of aryl methyl sites for hydroxylation is 1. The van der Waals surface area contributed by atoms with E-state index in [2.05, 4.69) is 65.7 Å². The molecule has 164 valence electrons. The average molecular weight is 427 g/mol. The number of para-hydroxylation sites is 2. The van der Waals surface area contributed by atoms with Gasteiger partial charge in [0.2, 0.25) is 0 Å². The summed E-state index contributed by atoms with van der Waals surface area (Å²) in [6, 6.07) is 25.0. The highest BCUT2D eigenvalue weighted by Gasteiger charge is 2.11. The van der Waals surface area contributed by atoms with Crippen molar-refractivity contribution in [3.8, 4) is 11.5 Å². The number of methoxy groups -OCH3 is 1. The molecule has 0 amide bonds. The first-order chi connectivity index (χ1) is 15.8. The van der Waals surface area contributed by atoms with Crippen molar-refractivity contribution in [1.82, 2.24) is 9.55 Å². The van der Waals surface area contributed by atoms with Crippen LogP contribution in [0.3, 0.4) is 0 Å². The van der Waals surface area contributed by atoms with E-state index in [0.717, 1.165) is 55.1 Å². The molecule has 0 aliphatic rings. The second-order valence-electron chi connectivity index (χ2n) is 7.86. The lowest BCUT2D eigenvalue weighted by atomic mass is 10.1. The number of unbranched alkanes of at least 4 members (excludes halogenated alkanes) is 1. The van der Waals surface area contributed by atoms with Crippen LogP contribution in [0.1, 0.15) is 29.8 Å². The summed E-state index contributed by atoms with van der Waals surface area (Å²) in [4.78, 5) is 4.91. The minimum Gasteiger partial charge on any atom is -0.493 e. The van der Waals surface area contributed by atoms with Gasteiger partial charge in [-0.15, -0.1) is 6.58 Å². The van der Waals surface area contributed by atoms with Crippen molar-refractivity contribution in [2.75, 3.05) is 13.7 Å². The SMILES string of the molecule is C=CCc1ccc(OCCCCn2c(Cc3ccccc3)nc3ccccc32)c(OC)c1. The molecule has 0 fully saturated rings. The molecule has 0 atom stereocenters. The molecular formula is C28H30N2O2. The van der Waals surface area contributed by atoms with Gasteiger partial charge >= 0.3 is 0 Å². The Morgan fingerprint density at radius 3 is 2.53 bits per heavy atom. The van der Waals surface area contributed by atoms with Crippen LogP contribution < -0.4 is 9.47 Å². The molecule has 0 saturated heterocycles. The Balaban J connectivity index is 1.38. The minimum atomic E-state index is 0.651. The van der Waals surface area contributed by atoms with E-state index in [0.29, 0.717) is 6.61 Å². The fourth-order valence-corrected chi connectivity index (χ4v) is 3.97. The third kappa shape index (κ3) is 5.20. The number of allylic oxidation sites excluding steroid dienone is 1. The highest BCUT2D eigenvalue weighted by molar-refractivity contribution is 5.76. The van der Waals surface area contributed by atoms with E-state index in [1.165, 1.54) is 16.6 Å². The van der Waals surface area contributed by atoms with Crippen LogP contribution in [0.5, 0.6) is 11.5 Å². The summed E-state index contributed by atoms with van der Waals surface area (Å²) in [5.74, 6) is 2.67. The van der Waals surface area contributed by atoms with E-state index < -0.39 is 0 Å². The normalized spacial score (nSPS) is 10.9. The lowest BCUT2D eigenvalue weighted by molar-refractivity contribution is 0.283. The topological polar surface area (TPSA) is 36.3 Å². The van der Waals surface area contributed by atoms with Crippen molar-refractivity contribution in [3.63, 3.8) is 0 Å². The van der Waals surface area contributed by atoms with Gasteiger partial charge in [0, 0.05) is 13.0 Å². The van der Waals surface area contributed by atoms with E-state index >= 15 is 0 Å². The number of fused-ring (bicyclic) bond motifs is 1. The van der Waals surface area contributed by atoms with Crippen LogP contribution >= 0.6 is 0 Å². The maximum Gasteiger partial charge on any atom is 0.161 e. The molecule has 1 aromatic heterocycles. The zero-order valence-electron chi connectivity index (χ0n) is 18.7. The summed E-state index contributed by atoms with van der Waals surface area (Å²) >= 11 is 0. The minimum absolute atomic E-state index is 0.651. The van der Waals surface area contributed by atoms with Gasteiger partial charge < -0.3 is 14.0 Å². The molecule has 4 nitrogen and oxygen atoms in total. The van der Waals surface area contributed by atoms with Gasteiger partial charge in [-0.25, -0.2) is 4.98 Å².